The highest BCUT2D eigenvalue weighted by atomic mass is 35.5. The van der Waals surface area contributed by atoms with Gasteiger partial charge in [-0.2, -0.15) is 15.8 Å². The Labute approximate surface area is 668 Å². The molecule has 17 rings (SSSR count). The molecule has 0 radical (unpaired) electrons. The first-order valence-electron chi connectivity index (χ1n) is 37.3. The zero-order chi connectivity index (χ0) is 77.9. The van der Waals surface area contributed by atoms with Gasteiger partial charge in [-0.05, 0) is 120 Å². The average molecular weight is 1550 g/mol. The minimum absolute atomic E-state index is 0.0366. The van der Waals surface area contributed by atoms with E-state index in [4.69, 9.17) is 49.8 Å². The molecule has 8 aromatic heterocycles. The number of pyridine rings is 4. The summed E-state index contributed by atoms with van der Waals surface area (Å²) in [5.41, 5.74) is 19.8. The van der Waals surface area contributed by atoms with Crippen LogP contribution < -0.4 is 0 Å². The molecule has 3 amide bonds. The van der Waals surface area contributed by atoms with Crippen LogP contribution in [0.4, 0.5) is 0 Å². The van der Waals surface area contributed by atoms with Crippen molar-refractivity contribution in [3.63, 3.8) is 0 Å². The third-order valence-corrected chi connectivity index (χ3v) is 21.5. The Morgan fingerprint density at radius 2 is 0.708 bits per heavy atom. The van der Waals surface area contributed by atoms with Gasteiger partial charge in [0.25, 0.3) is 11.8 Å². The smallest absolute Gasteiger partial charge is 0.274 e. The number of benzene rings is 6. The Bertz CT molecular complexity index is 5680. The fourth-order valence-corrected chi connectivity index (χ4v) is 15.1. The quantitative estimate of drug-likeness (QED) is 0.0928. The fraction of sp³-hybridized carbons (Fsp3) is 0.191. The first-order chi connectivity index (χ1) is 55.3. The van der Waals surface area contributed by atoms with Crippen LogP contribution in [0.25, 0.3) is 84.1 Å². The number of imidazole rings is 3. The lowest BCUT2D eigenvalue weighted by atomic mass is 10.0. The Morgan fingerprint density at radius 1 is 0.372 bits per heavy atom. The molecule has 0 spiro atoms. The van der Waals surface area contributed by atoms with E-state index < -0.39 is 0 Å². The number of nitriles is 3. The lowest BCUT2D eigenvalue weighted by Crippen LogP contribution is -2.48. The molecular weight excluding hydrogens is 1480 g/mol. The van der Waals surface area contributed by atoms with Crippen molar-refractivity contribution in [1.29, 1.82) is 15.8 Å². The molecule has 0 atom stereocenters. The number of nitrogens with zero attached hydrogens (tertiary/aromatic N) is 18. The van der Waals surface area contributed by atoms with Crippen LogP contribution in [0.2, 0.25) is 15.1 Å². The second kappa shape index (κ2) is 34.7. The summed E-state index contributed by atoms with van der Waals surface area (Å²) in [6, 6.07) is 68.5. The van der Waals surface area contributed by atoms with Gasteiger partial charge in [-0.1, -0.05) is 133 Å². The third kappa shape index (κ3) is 17.0. The number of fused-ring (bicyclic) bond motifs is 3. The van der Waals surface area contributed by atoms with Gasteiger partial charge >= 0.3 is 0 Å². The third-order valence-electron chi connectivity index (χ3n) is 20.8. The molecule has 6 aromatic carbocycles. The van der Waals surface area contributed by atoms with Gasteiger partial charge in [-0.3, -0.25) is 39.1 Å². The molecule has 21 nitrogen and oxygen atoms in total. The van der Waals surface area contributed by atoms with Gasteiger partial charge in [0.2, 0.25) is 5.91 Å². The van der Waals surface area contributed by atoms with Crippen LogP contribution in [0, 0.1) is 34.0 Å². The summed E-state index contributed by atoms with van der Waals surface area (Å²) in [4.78, 5) is 77.8. The lowest BCUT2D eigenvalue weighted by Gasteiger charge is -2.34. The molecule has 0 N–H and O–H groups in total. The molecule has 0 unspecified atom stereocenters. The van der Waals surface area contributed by atoms with Crippen molar-refractivity contribution in [3.8, 4) is 85.4 Å². The number of halogens is 3. The standard InChI is InChI=1S/C31H25ClN6O.C30H24ClN7O.C28H26ClN5O/c32-26-8-5-22(6-9-26)30-28(21-36-15-17-37(18-16-36)31(39)23-11-13-34-14-12-23)38-20-25(7-10-29(38)35-30)27-4-2-1-3-24(27)19-33;31-24-8-5-21(6-9-24)29-27(20-36-13-15-37(16-14-36)30(39)26-18-33-11-12-34-26)38-19-23(7-10-28(38)35-29)25-4-2-1-3-22(25)17-32;1-2-27(35)33-15-13-32(14-16-33)19-25-28(20-7-10-23(29)11-8-20)31-26-12-9-22(18-34(25)26)24-6-4-3-5-21(24)17-30/h1-14,20H,15-18,21H2;1-12,18-19H,13-16,20H2;3-12,18H,2,13-16,19H2,1H3. The zero-order valence-electron chi connectivity index (χ0n) is 61.8. The maximum absolute atomic E-state index is 12.9. The van der Waals surface area contributed by atoms with E-state index in [2.05, 4.69) is 79.7 Å². The van der Waals surface area contributed by atoms with E-state index in [1.807, 2.05) is 204 Å². The van der Waals surface area contributed by atoms with Crippen LogP contribution in [0.5, 0.6) is 0 Å². The van der Waals surface area contributed by atoms with Gasteiger partial charge in [0.15, 0.2) is 0 Å². The Balaban J connectivity index is 0.000000134. The van der Waals surface area contributed by atoms with Crippen LogP contribution in [0.1, 0.15) is 68.0 Å². The first-order valence-corrected chi connectivity index (χ1v) is 38.4. The van der Waals surface area contributed by atoms with E-state index in [1.165, 1.54) is 12.4 Å². The van der Waals surface area contributed by atoms with Crippen LogP contribution in [0.3, 0.4) is 0 Å². The molecule has 14 aromatic rings. The molecule has 113 heavy (non-hydrogen) atoms. The van der Waals surface area contributed by atoms with Crippen molar-refractivity contribution in [3.05, 3.63) is 304 Å². The second-order valence-corrected chi connectivity index (χ2v) is 28.9. The Hall–Kier alpha value is -12.8. The van der Waals surface area contributed by atoms with Crippen LogP contribution in [0.15, 0.2) is 244 Å². The summed E-state index contributed by atoms with van der Waals surface area (Å²) in [6.45, 7) is 12.5. The molecule has 3 aliphatic heterocycles. The number of hydrogen-bond acceptors (Lipinski definition) is 15. The summed E-state index contributed by atoms with van der Waals surface area (Å²) in [5, 5.41) is 30.9. The number of piperazine rings is 3. The molecule has 3 aliphatic rings. The molecule has 3 saturated heterocycles. The second-order valence-electron chi connectivity index (χ2n) is 27.6. The fourth-order valence-electron chi connectivity index (χ4n) is 14.7. The van der Waals surface area contributed by atoms with Crippen molar-refractivity contribution >= 4 is 69.5 Å². The van der Waals surface area contributed by atoms with Crippen molar-refractivity contribution in [1.82, 2.24) is 72.5 Å². The van der Waals surface area contributed by atoms with Crippen LogP contribution in [-0.4, -0.2) is 169 Å². The molecule has 560 valence electrons. The van der Waals surface area contributed by atoms with E-state index in [-0.39, 0.29) is 17.7 Å². The summed E-state index contributed by atoms with van der Waals surface area (Å²) in [7, 11) is 0. The number of amides is 3. The average Bonchev–Trinajstić information content (AvgIpc) is 1.64. The van der Waals surface area contributed by atoms with E-state index in [0.29, 0.717) is 95.2 Å². The van der Waals surface area contributed by atoms with Crippen molar-refractivity contribution < 1.29 is 14.4 Å². The zero-order valence-corrected chi connectivity index (χ0v) is 64.1. The first kappa shape index (κ1) is 75.7. The Kier molecular flexibility index (Phi) is 23.2. The molecule has 24 heteroatoms. The maximum Gasteiger partial charge on any atom is 0.274 e. The van der Waals surface area contributed by atoms with Gasteiger partial charge in [0.1, 0.15) is 22.6 Å². The Morgan fingerprint density at radius 3 is 1.04 bits per heavy atom. The van der Waals surface area contributed by atoms with Gasteiger partial charge in [0.05, 0.1) is 75.3 Å². The van der Waals surface area contributed by atoms with Gasteiger partial charge in [-0.15, -0.1) is 0 Å². The summed E-state index contributed by atoms with van der Waals surface area (Å²) >= 11 is 18.5. The summed E-state index contributed by atoms with van der Waals surface area (Å²) < 4.78 is 6.38. The number of carbonyl (C=O) groups is 3. The molecular formula is C89H75Cl3N18O3. The highest BCUT2D eigenvalue weighted by Crippen LogP contribution is 2.36. The van der Waals surface area contributed by atoms with Crippen molar-refractivity contribution in [2.24, 2.45) is 0 Å². The van der Waals surface area contributed by atoms with Crippen molar-refractivity contribution in [2.45, 2.75) is 33.0 Å². The molecule has 0 bridgehead atoms. The number of hydrogen-bond donors (Lipinski definition) is 0. The topological polar surface area (TPSA) is 233 Å². The summed E-state index contributed by atoms with van der Waals surface area (Å²) in [6.07, 6.45) is 14.6. The molecule has 0 saturated carbocycles. The minimum Gasteiger partial charge on any atom is -0.340 e. The monoisotopic (exact) mass is 1550 g/mol. The lowest BCUT2D eigenvalue weighted by molar-refractivity contribution is -0.132. The van der Waals surface area contributed by atoms with E-state index in [9.17, 15) is 30.2 Å². The normalized spacial score (nSPS) is 14.0. The molecule has 11 heterocycles. The maximum atomic E-state index is 12.9. The highest BCUT2D eigenvalue weighted by molar-refractivity contribution is 6.31. The minimum atomic E-state index is -0.0970. The SMILES string of the molecule is CCC(=O)N1CCN(Cc2c(-c3ccc(Cl)cc3)nc3ccc(-c4ccccc4C#N)cn23)CC1.N#Cc1ccccc1-c1ccc2nc(-c3ccc(Cl)cc3)c(CN3CCN(C(=O)c4ccncc4)CC3)n2c1.N#Cc1ccccc1-c1ccc2nc(-c3ccc(Cl)cc3)c(CN3CCN(C(=O)c4cnccn4)CC3)n2c1. The summed E-state index contributed by atoms with van der Waals surface area (Å²) in [5.74, 6) is 0.150. The van der Waals surface area contributed by atoms with E-state index in [1.54, 1.807) is 30.7 Å². The van der Waals surface area contributed by atoms with Crippen LogP contribution in [-0.2, 0) is 24.4 Å². The highest BCUT2D eigenvalue weighted by Gasteiger charge is 2.29. The number of aromatic nitrogens is 9. The molecule has 3 fully saturated rings. The van der Waals surface area contributed by atoms with Gasteiger partial charge in [0, 0.05) is 202 Å². The predicted octanol–water partition coefficient (Wildman–Crippen LogP) is 15.7. The number of rotatable bonds is 15. The molecule has 0 aliphatic carbocycles. The number of carbonyl (C=O) groups excluding carboxylic acids is 3. The predicted molar refractivity (Wildman–Crippen MR) is 438 cm³/mol. The van der Waals surface area contributed by atoms with Crippen LogP contribution >= 0.6 is 34.8 Å². The van der Waals surface area contributed by atoms with Crippen molar-refractivity contribution in [2.75, 3.05) is 78.5 Å². The van der Waals surface area contributed by atoms with E-state index in [0.717, 1.165) is 154 Å². The van der Waals surface area contributed by atoms with E-state index >= 15 is 0 Å². The largest absolute Gasteiger partial charge is 0.340 e. The van der Waals surface area contributed by atoms with Gasteiger partial charge < -0.3 is 27.9 Å². The van der Waals surface area contributed by atoms with Gasteiger partial charge in [-0.25, -0.2) is 19.9 Å².